The highest BCUT2D eigenvalue weighted by Crippen LogP contribution is 2.18. The zero-order valence-corrected chi connectivity index (χ0v) is 11.6. The van der Waals surface area contributed by atoms with Crippen molar-refractivity contribution in [3.63, 3.8) is 0 Å². The summed E-state index contributed by atoms with van der Waals surface area (Å²) in [6, 6.07) is 8.42. The van der Waals surface area contributed by atoms with E-state index in [1.54, 1.807) is 0 Å². The summed E-state index contributed by atoms with van der Waals surface area (Å²) in [6.45, 7) is 8.27. The first-order valence-electron chi connectivity index (χ1n) is 6.68. The summed E-state index contributed by atoms with van der Waals surface area (Å²) in [5.41, 5.74) is 1.07. The quantitative estimate of drug-likeness (QED) is 0.744. The molecule has 0 aliphatic rings. The molecule has 1 aromatic carbocycles. The summed E-state index contributed by atoms with van der Waals surface area (Å²) in [6.07, 6.45) is 0.648. The van der Waals surface area contributed by atoms with E-state index in [-0.39, 0.29) is 6.61 Å². The van der Waals surface area contributed by atoms with Gasteiger partial charge in [-0.3, -0.25) is 0 Å². The van der Waals surface area contributed by atoms with Gasteiger partial charge in [-0.15, -0.1) is 0 Å². The molecule has 102 valence electrons. The molecule has 3 nitrogen and oxygen atoms in total. The second-order valence-electron chi connectivity index (χ2n) is 5.06. The van der Waals surface area contributed by atoms with Crippen LogP contribution in [0.15, 0.2) is 24.3 Å². The molecule has 1 unspecified atom stereocenters. The molecule has 1 rings (SSSR count). The molecule has 2 N–H and O–H groups in total. The third kappa shape index (κ3) is 5.52. The molecule has 0 heterocycles. The maximum Gasteiger partial charge on any atom is 0.122 e. The van der Waals surface area contributed by atoms with E-state index in [0.717, 1.165) is 17.9 Å². The number of benzene rings is 1. The predicted octanol–water partition coefficient (Wildman–Crippen LogP) is 2.23. The topological polar surface area (TPSA) is 41.5 Å². The molecule has 0 amide bonds. The smallest absolute Gasteiger partial charge is 0.122 e. The van der Waals surface area contributed by atoms with Gasteiger partial charge in [-0.2, -0.15) is 0 Å². The molecule has 1 aromatic rings. The molecule has 0 radical (unpaired) electrons. The maximum absolute atomic E-state index is 9.00. The minimum Gasteiger partial charge on any atom is -0.493 e. The number of para-hydroxylation sites is 1. The van der Waals surface area contributed by atoms with E-state index in [2.05, 4.69) is 26.1 Å². The summed E-state index contributed by atoms with van der Waals surface area (Å²) in [5, 5.41) is 12.4. The van der Waals surface area contributed by atoms with E-state index in [1.807, 2.05) is 24.3 Å². The van der Waals surface area contributed by atoms with Crippen molar-refractivity contribution < 1.29 is 9.84 Å². The van der Waals surface area contributed by atoms with Crippen LogP contribution in [0.25, 0.3) is 0 Å². The SMILES string of the molecule is CC(CNC(C)C)COc1ccccc1CCO. The van der Waals surface area contributed by atoms with Crippen molar-refractivity contribution in [3.05, 3.63) is 29.8 Å². The van der Waals surface area contributed by atoms with E-state index >= 15 is 0 Å². The molecule has 1 atom stereocenters. The highest BCUT2D eigenvalue weighted by molar-refractivity contribution is 5.33. The van der Waals surface area contributed by atoms with Crippen molar-refractivity contribution in [2.75, 3.05) is 19.8 Å². The third-order valence-electron chi connectivity index (χ3n) is 2.75. The monoisotopic (exact) mass is 251 g/mol. The summed E-state index contributed by atoms with van der Waals surface area (Å²) in [5.74, 6) is 1.36. The molecule has 0 aliphatic carbocycles. The molecule has 0 saturated carbocycles. The van der Waals surface area contributed by atoms with E-state index < -0.39 is 0 Å². The summed E-state index contributed by atoms with van der Waals surface area (Å²) < 4.78 is 5.83. The Kier molecular flexibility index (Phi) is 6.76. The van der Waals surface area contributed by atoms with E-state index in [4.69, 9.17) is 9.84 Å². The minimum atomic E-state index is 0.158. The number of hydrogen-bond acceptors (Lipinski definition) is 3. The molecule has 0 aliphatic heterocycles. The van der Waals surface area contributed by atoms with Gasteiger partial charge < -0.3 is 15.2 Å². The molecule has 3 heteroatoms. The first-order valence-corrected chi connectivity index (χ1v) is 6.68. The zero-order valence-electron chi connectivity index (χ0n) is 11.6. The lowest BCUT2D eigenvalue weighted by Crippen LogP contribution is -2.30. The van der Waals surface area contributed by atoms with Gasteiger partial charge in [-0.05, 0) is 18.1 Å². The second kappa shape index (κ2) is 8.11. The van der Waals surface area contributed by atoms with E-state index in [0.29, 0.717) is 25.0 Å². The first-order chi connectivity index (χ1) is 8.63. The fraction of sp³-hybridized carbons (Fsp3) is 0.600. The fourth-order valence-electron chi connectivity index (χ4n) is 1.70. The minimum absolute atomic E-state index is 0.158. The van der Waals surface area contributed by atoms with Crippen LogP contribution in [0.2, 0.25) is 0 Å². The highest BCUT2D eigenvalue weighted by Gasteiger charge is 2.06. The van der Waals surface area contributed by atoms with Crippen LogP contribution >= 0.6 is 0 Å². The normalized spacial score (nSPS) is 12.7. The lowest BCUT2D eigenvalue weighted by Gasteiger charge is -2.17. The maximum atomic E-state index is 9.00. The third-order valence-corrected chi connectivity index (χ3v) is 2.75. The van der Waals surface area contributed by atoms with Crippen molar-refractivity contribution in [1.82, 2.24) is 5.32 Å². The van der Waals surface area contributed by atoms with E-state index in [9.17, 15) is 0 Å². The number of aliphatic hydroxyl groups excluding tert-OH is 1. The highest BCUT2D eigenvalue weighted by atomic mass is 16.5. The van der Waals surface area contributed by atoms with Crippen LogP contribution in [0.1, 0.15) is 26.3 Å². The number of ether oxygens (including phenoxy) is 1. The van der Waals surface area contributed by atoms with Crippen molar-refractivity contribution in [2.24, 2.45) is 5.92 Å². The van der Waals surface area contributed by atoms with Crippen molar-refractivity contribution in [1.29, 1.82) is 0 Å². The van der Waals surface area contributed by atoms with Gasteiger partial charge in [-0.1, -0.05) is 39.0 Å². The molecule has 18 heavy (non-hydrogen) atoms. The Balaban J connectivity index is 2.42. The molecule has 0 saturated heterocycles. The van der Waals surface area contributed by atoms with Crippen LogP contribution in [0.4, 0.5) is 0 Å². The van der Waals surface area contributed by atoms with Crippen LogP contribution in [0, 0.1) is 5.92 Å². The fourth-order valence-corrected chi connectivity index (χ4v) is 1.70. The van der Waals surface area contributed by atoms with Gasteiger partial charge in [0.1, 0.15) is 5.75 Å². The van der Waals surface area contributed by atoms with Gasteiger partial charge in [0, 0.05) is 25.1 Å². The molecular weight excluding hydrogens is 226 g/mol. The van der Waals surface area contributed by atoms with Gasteiger partial charge in [0.05, 0.1) is 6.61 Å². The van der Waals surface area contributed by atoms with Gasteiger partial charge >= 0.3 is 0 Å². The van der Waals surface area contributed by atoms with Crippen LogP contribution in [-0.2, 0) is 6.42 Å². The Bertz CT molecular complexity index is 339. The largest absolute Gasteiger partial charge is 0.493 e. The number of aliphatic hydroxyl groups is 1. The predicted molar refractivity (Wildman–Crippen MR) is 75.0 cm³/mol. The molecule has 0 aromatic heterocycles. The standard InChI is InChI=1S/C15H25NO2/c1-12(2)16-10-13(3)11-18-15-7-5-4-6-14(15)8-9-17/h4-7,12-13,16-17H,8-11H2,1-3H3. The molecule has 0 bridgehead atoms. The van der Waals surface area contributed by atoms with Crippen molar-refractivity contribution in [2.45, 2.75) is 33.2 Å². The number of hydrogen-bond donors (Lipinski definition) is 2. The summed E-state index contributed by atoms with van der Waals surface area (Å²) in [7, 11) is 0. The van der Waals surface area contributed by atoms with Gasteiger partial charge in [0.15, 0.2) is 0 Å². The Morgan fingerprint density at radius 2 is 1.94 bits per heavy atom. The molecular formula is C15H25NO2. The Morgan fingerprint density at radius 1 is 1.22 bits per heavy atom. The average molecular weight is 251 g/mol. The molecule has 0 fully saturated rings. The lowest BCUT2D eigenvalue weighted by atomic mass is 10.1. The summed E-state index contributed by atoms with van der Waals surface area (Å²) >= 11 is 0. The van der Waals surface area contributed by atoms with Crippen LogP contribution in [0.3, 0.4) is 0 Å². The lowest BCUT2D eigenvalue weighted by molar-refractivity contribution is 0.247. The number of rotatable bonds is 8. The van der Waals surface area contributed by atoms with Gasteiger partial charge in [0.2, 0.25) is 0 Å². The Labute approximate surface area is 110 Å². The molecule has 0 spiro atoms. The van der Waals surface area contributed by atoms with Crippen molar-refractivity contribution in [3.8, 4) is 5.75 Å². The average Bonchev–Trinajstić information content (AvgIpc) is 2.35. The van der Waals surface area contributed by atoms with Gasteiger partial charge in [-0.25, -0.2) is 0 Å². The van der Waals surface area contributed by atoms with E-state index in [1.165, 1.54) is 0 Å². The van der Waals surface area contributed by atoms with Crippen LogP contribution in [-0.4, -0.2) is 30.9 Å². The van der Waals surface area contributed by atoms with Crippen LogP contribution in [0.5, 0.6) is 5.75 Å². The Morgan fingerprint density at radius 3 is 2.61 bits per heavy atom. The Hall–Kier alpha value is -1.06. The van der Waals surface area contributed by atoms with Crippen LogP contribution < -0.4 is 10.1 Å². The summed E-state index contributed by atoms with van der Waals surface area (Å²) in [4.78, 5) is 0. The number of nitrogens with one attached hydrogen (secondary N) is 1. The zero-order chi connectivity index (χ0) is 13.4. The first kappa shape index (κ1) is 15.0. The second-order valence-corrected chi connectivity index (χ2v) is 5.06. The van der Waals surface area contributed by atoms with Gasteiger partial charge in [0.25, 0.3) is 0 Å². The van der Waals surface area contributed by atoms with Crippen molar-refractivity contribution >= 4 is 0 Å².